The smallest absolute Gasteiger partial charge is 0.321 e. The van der Waals surface area contributed by atoms with Crippen LogP contribution < -0.4 is 15.0 Å². The van der Waals surface area contributed by atoms with Crippen molar-refractivity contribution < 1.29 is 9.53 Å². The van der Waals surface area contributed by atoms with Gasteiger partial charge in [0.1, 0.15) is 16.1 Å². The summed E-state index contributed by atoms with van der Waals surface area (Å²) in [5, 5.41) is 3.91. The Morgan fingerprint density at radius 3 is 2.67 bits per heavy atom. The Bertz CT molecular complexity index is 886. The van der Waals surface area contributed by atoms with Gasteiger partial charge in [-0.3, -0.25) is 0 Å². The van der Waals surface area contributed by atoms with E-state index in [0.717, 1.165) is 40.0 Å². The molecule has 8 heteroatoms. The number of ether oxygens (including phenoxy) is 1. The third kappa shape index (κ3) is 3.95. The molecule has 0 atom stereocenters. The van der Waals surface area contributed by atoms with E-state index in [-0.39, 0.29) is 6.03 Å². The Labute approximate surface area is 161 Å². The van der Waals surface area contributed by atoms with E-state index < -0.39 is 0 Å². The van der Waals surface area contributed by atoms with Gasteiger partial charge in [0.2, 0.25) is 0 Å². The van der Waals surface area contributed by atoms with E-state index in [1.54, 1.807) is 17.5 Å². The molecule has 1 aliphatic heterocycles. The van der Waals surface area contributed by atoms with Crippen molar-refractivity contribution in [2.24, 2.45) is 0 Å². The number of nitrogens with zero attached hydrogens (tertiary/aromatic N) is 4. The van der Waals surface area contributed by atoms with E-state index in [9.17, 15) is 4.79 Å². The molecule has 140 valence electrons. The summed E-state index contributed by atoms with van der Waals surface area (Å²) in [6.45, 7) is 5.41. The normalized spacial score (nSPS) is 14.4. The highest BCUT2D eigenvalue weighted by molar-refractivity contribution is 7.21. The van der Waals surface area contributed by atoms with Crippen LogP contribution in [0.15, 0.2) is 42.6 Å². The Kier molecular flexibility index (Phi) is 5.06. The molecule has 0 saturated carbocycles. The van der Waals surface area contributed by atoms with Crippen molar-refractivity contribution in [3.8, 4) is 5.75 Å². The predicted octanol–water partition coefficient (Wildman–Crippen LogP) is 3.44. The fourth-order valence-electron chi connectivity index (χ4n) is 3.00. The van der Waals surface area contributed by atoms with Crippen LogP contribution >= 0.6 is 11.3 Å². The van der Waals surface area contributed by atoms with Gasteiger partial charge >= 0.3 is 6.03 Å². The third-order valence-corrected chi connectivity index (χ3v) is 5.45. The number of carbonyl (C=O) groups is 1. The number of hydrogen-bond donors (Lipinski definition) is 1. The lowest BCUT2D eigenvalue weighted by molar-refractivity contribution is 0.208. The highest BCUT2D eigenvalue weighted by Gasteiger charge is 2.23. The lowest BCUT2D eigenvalue weighted by atomic mass is 10.3. The van der Waals surface area contributed by atoms with Crippen molar-refractivity contribution in [1.29, 1.82) is 0 Å². The first kappa shape index (κ1) is 17.5. The van der Waals surface area contributed by atoms with Crippen LogP contribution in [-0.2, 0) is 0 Å². The number of fused-ring (bicyclic) bond motifs is 1. The molecule has 3 heterocycles. The van der Waals surface area contributed by atoms with Crippen molar-refractivity contribution in [3.05, 3.63) is 42.6 Å². The Hall–Kier alpha value is -2.87. The maximum Gasteiger partial charge on any atom is 0.321 e. The Morgan fingerprint density at radius 2 is 1.96 bits per heavy atom. The predicted molar refractivity (Wildman–Crippen MR) is 108 cm³/mol. The minimum atomic E-state index is -0.0789. The van der Waals surface area contributed by atoms with Gasteiger partial charge in [0.05, 0.1) is 6.61 Å². The maximum atomic E-state index is 12.5. The highest BCUT2D eigenvalue weighted by atomic mass is 32.1. The number of benzene rings is 1. The summed E-state index contributed by atoms with van der Waals surface area (Å²) in [6, 6.07) is 11.2. The molecule has 0 radical (unpaired) electrons. The zero-order valence-electron chi connectivity index (χ0n) is 15.1. The fourth-order valence-corrected chi connectivity index (χ4v) is 3.96. The van der Waals surface area contributed by atoms with Crippen LogP contribution in [0, 0.1) is 0 Å². The van der Waals surface area contributed by atoms with Crippen molar-refractivity contribution in [2.45, 2.75) is 6.92 Å². The lowest BCUT2D eigenvalue weighted by Gasteiger charge is -2.34. The van der Waals surface area contributed by atoms with E-state index in [1.165, 1.54) is 0 Å². The van der Waals surface area contributed by atoms with Crippen LogP contribution in [0.5, 0.6) is 5.75 Å². The molecule has 1 saturated heterocycles. The van der Waals surface area contributed by atoms with Crippen molar-refractivity contribution >= 4 is 38.5 Å². The molecular weight excluding hydrogens is 362 g/mol. The summed E-state index contributed by atoms with van der Waals surface area (Å²) in [4.78, 5) is 26.5. The molecule has 1 fully saturated rings. The molecule has 4 rings (SSSR count). The second-order valence-corrected chi connectivity index (χ2v) is 7.14. The van der Waals surface area contributed by atoms with Gasteiger partial charge in [-0.2, -0.15) is 0 Å². The average molecular weight is 383 g/mol. The molecule has 1 aromatic carbocycles. The number of nitrogens with one attached hydrogen (secondary N) is 1. The van der Waals surface area contributed by atoms with Crippen LogP contribution in [0.3, 0.4) is 0 Å². The molecule has 2 amide bonds. The van der Waals surface area contributed by atoms with Crippen molar-refractivity contribution in [2.75, 3.05) is 43.0 Å². The second-order valence-electron chi connectivity index (χ2n) is 6.19. The van der Waals surface area contributed by atoms with Crippen molar-refractivity contribution in [1.82, 2.24) is 14.9 Å². The molecule has 3 aromatic rings. The number of rotatable bonds is 4. The van der Waals surface area contributed by atoms with Gasteiger partial charge in [-0.05, 0) is 43.3 Å². The lowest BCUT2D eigenvalue weighted by Crippen LogP contribution is -2.50. The largest absolute Gasteiger partial charge is 0.494 e. The van der Waals surface area contributed by atoms with Crippen LogP contribution in [0.4, 0.5) is 15.6 Å². The monoisotopic (exact) mass is 383 g/mol. The van der Waals surface area contributed by atoms with Crippen LogP contribution in [0.25, 0.3) is 10.3 Å². The molecular formula is C19H21N5O2S. The summed E-state index contributed by atoms with van der Waals surface area (Å²) >= 11 is 1.59. The van der Waals surface area contributed by atoms with Gasteiger partial charge in [0, 0.05) is 38.1 Å². The Balaban J connectivity index is 1.33. The van der Waals surface area contributed by atoms with E-state index in [2.05, 4.69) is 20.2 Å². The van der Waals surface area contributed by atoms with Gasteiger partial charge in [-0.15, -0.1) is 0 Å². The van der Waals surface area contributed by atoms with E-state index in [4.69, 9.17) is 4.74 Å². The first-order valence-electron chi connectivity index (χ1n) is 8.98. The number of thiazole rings is 1. The Morgan fingerprint density at radius 1 is 1.19 bits per heavy atom. The summed E-state index contributed by atoms with van der Waals surface area (Å²) < 4.78 is 5.42. The van der Waals surface area contributed by atoms with Crippen molar-refractivity contribution in [3.63, 3.8) is 0 Å². The second kappa shape index (κ2) is 7.79. The van der Waals surface area contributed by atoms with Gasteiger partial charge in [-0.1, -0.05) is 11.3 Å². The van der Waals surface area contributed by atoms with Gasteiger partial charge in [-0.25, -0.2) is 14.8 Å². The summed E-state index contributed by atoms with van der Waals surface area (Å²) in [7, 11) is 0. The zero-order valence-corrected chi connectivity index (χ0v) is 15.9. The van der Waals surface area contributed by atoms with E-state index in [1.807, 2.05) is 48.2 Å². The standard InChI is InChI=1S/C19H21N5O2S/c1-2-26-15-7-5-14(6-8-15)21-18(25)23-10-12-24(13-11-23)19-22-16-4-3-9-20-17(16)27-19/h3-9H,2,10-13H2,1H3,(H,21,25). The molecule has 2 aromatic heterocycles. The highest BCUT2D eigenvalue weighted by Crippen LogP contribution is 2.27. The molecule has 1 N–H and O–H groups in total. The SMILES string of the molecule is CCOc1ccc(NC(=O)N2CCN(c3nc4cccnc4s3)CC2)cc1. The summed E-state index contributed by atoms with van der Waals surface area (Å²) in [6.07, 6.45) is 1.79. The van der Waals surface area contributed by atoms with Crippen LogP contribution in [0.1, 0.15) is 6.92 Å². The minimum Gasteiger partial charge on any atom is -0.494 e. The number of urea groups is 1. The average Bonchev–Trinajstić information content (AvgIpc) is 3.14. The molecule has 0 bridgehead atoms. The number of aromatic nitrogens is 2. The molecule has 0 aliphatic carbocycles. The van der Waals surface area contributed by atoms with Gasteiger partial charge in [0.25, 0.3) is 0 Å². The number of amides is 2. The topological polar surface area (TPSA) is 70.6 Å². The quantitative estimate of drug-likeness (QED) is 0.747. The zero-order chi connectivity index (χ0) is 18.6. The maximum absolute atomic E-state index is 12.5. The number of hydrogen-bond acceptors (Lipinski definition) is 6. The number of anilines is 2. The van der Waals surface area contributed by atoms with E-state index >= 15 is 0 Å². The van der Waals surface area contributed by atoms with Gasteiger partial charge < -0.3 is 19.9 Å². The summed E-state index contributed by atoms with van der Waals surface area (Å²) in [5.41, 5.74) is 1.69. The van der Waals surface area contributed by atoms with Crippen LogP contribution in [-0.4, -0.2) is 53.7 Å². The first-order valence-corrected chi connectivity index (χ1v) is 9.80. The molecule has 27 heavy (non-hydrogen) atoms. The first-order chi connectivity index (χ1) is 13.2. The van der Waals surface area contributed by atoms with E-state index in [0.29, 0.717) is 19.7 Å². The molecule has 7 nitrogen and oxygen atoms in total. The molecule has 0 spiro atoms. The molecule has 0 unspecified atom stereocenters. The minimum absolute atomic E-state index is 0.0789. The van der Waals surface area contributed by atoms with Crippen LogP contribution in [0.2, 0.25) is 0 Å². The van der Waals surface area contributed by atoms with Gasteiger partial charge in [0.15, 0.2) is 5.13 Å². The molecule has 1 aliphatic rings. The number of piperazine rings is 1. The number of carbonyl (C=O) groups excluding carboxylic acids is 1. The summed E-state index contributed by atoms with van der Waals surface area (Å²) in [5.74, 6) is 0.800. The third-order valence-electron chi connectivity index (χ3n) is 4.41. The fraction of sp³-hybridized carbons (Fsp3) is 0.316. The number of pyridine rings is 1.